The van der Waals surface area contributed by atoms with E-state index in [1.165, 1.54) is 51.1 Å². The van der Waals surface area contributed by atoms with Crippen LogP contribution in [0.1, 0.15) is 53.4 Å². The van der Waals surface area contributed by atoms with Crippen LogP contribution < -0.4 is 5.32 Å². The van der Waals surface area contributed by atoms with Gasteiger partial charge in [-0.3, -0.25) is 4.90 Å². The fourth-order valence-corrected chi connectivity index (χ4v) is 3.64. The number of thioether (sulfide) groups is 1. The Morgan fingerprint density at radius 1 is 1.32 bits per heavy atom. The minimum Gasteiger partial charge on any atom is -0.308 e. The molecule has 0 saturated carbocycles. The van der Waals surface area contributed by atoms with Crippen LogP contribution in [-0.2, 0) is 0 Å². The van der Waals surface area contributed by atoms with Crippen molar-refractivity contribution in [3.05, 3.63) is 0 Å². The third-order valence-corrected chi connectivity index (χ3v) is 5.81. The van der Waals surface area contributed by atoms with Crippen LogP contribution in [0.3, 0.4) is 0 Å². The van der Waals surface area contributed by atoms with Gasteiger partial charge in [-0.15, -0.1) is 0 Å². The normalized spacial score (nSPS) is 25.4. The number of nitrogens with zero attached hydrogens (tertiary/aromatic N) is 1. The third-order valence-electron chi connectivity index (χ3n) is 5.11. The van der Waals surface area contributed by atoms with E-state index in [4.69, 9.17) is 0 Å². The average Bonchev–Trinajstić information content (AvgIpc) is 2.46. The van der Waals surface area contributed by atoms with Gasteiger partial charge in [0.2, 0.25) is 0 Å². The Morgan fingerprint density at radius 3 is 2.53 bits per heavy atom. The average molecular weight is 287 g/mol. The van der Waals surface area contributed by atoms with Gasteiger partial charge in [-0.1, -0.05) is 34.1 Å². The molecule has 1 aliphatic heterocycles. The van der Waals surface area contributed by atoms with Crippen molar-refractivity contribution < 1.29 is 0 Å². The highest BCUT2D eigenvalue weighted by atomic mass is 32.2. The standard InChI is InChI=1S/C16H34N2S/c1-6-14(4)15-12-17-16(7-2,8-3)13-18(15)10-9-11-19-5/h14-15,17H,6-13H2,1-5H3. The number of nitrogens with one attached hydrogen (secondary N) is 1. The number of piperazine rings is 1. The second kappa shape index (κ2) is 8.53. The van der Waals surface area contributed by atoms with E-state index in [2.05, 4.69) is 44.2 Å². The fraction of sp³-hybridized carbons (Fsp3) is 1.00. The molecule has 3 heteroatoms. The molecule has 1 heterocycles. The molecule has 0 aliphatic carbocycles. The molecule has 0 aromatic carbocycles. The lowest BCUT2D eigenvalue weighted by Crippen LogP contribution is -2.65. The zero-order valence-electron chi connectivity index (χ0n) is 13.7. The van der Waals surface area contributed by atoms with Gasteiger partial charge in [0.1, 0.15) is 0 Å². The van der Waals surface area contributed by atoms with Crippen molar-refractivity contribution >= 4 is 11.8 Å². The molecule has 2 atom stereocenters. The quantitative estimate of drug-likeness (QED) is 0.686. The topological polar surface area (TPSA) is 15.3 Å². The monoisotopic (exact) mass is 286 g/mol. The number of hydrogen-bond donors (Lipinski definition) is 1. The largest absolute Gasteiger partial charge is 0.308 e. The lowest BCUT2D eigenvalue weighted by atomic mass is 9.85. The van der Waals surface area contributed by atoms with Gasteiger partial charge in [0.15, 0.2) is 0 Å². The van der Waals surface area contributed by atoms with E-state index in [-0.39, 0.29) is 0 Å². The molecule has 0 aromatic rings. The van der Waals surface area contributed by atoms with Gasteiger partial charge in [0.25, 0.3) is 0 Å². The van der Waals surface area contributed by atoms with Crippen molar-refractivity contribution in [2.75, 3.05) is 31.6 Å². The Kier molecular flexibility index (Phi) is 7.78. The van der Waals surface area contributed by atoms with Gasteiger partial charge in [-0.2, -0.15) is 11.8 Å². The summed E-state index contributed by atoms with van der Waals surface area (Å²) in [5.41, 5.74) is 0.364. The van der Waals surface area contributed by atoms with Crippen LogP contribution in [-0.4, -0.2) is 48.1 Å². The van der Waals surface area contributed by atoms with Gasteiger partial charge < -0.3 is 5.32 Å². The van der Waals surface area contributed by atoms with Crippen molar-refractivity contribution in [2.24, 2.45) is 5.92 Å². The summed E-state index contributed by atoms with van der Waals surface area (Å²) in [7, 11) is 0. The lowest BCUT2D eigenvalue weighted by Gasteiger charge is -2.49. The van der Waals surface area contributed by atoms with E-state index in [0.717, 1.165) is 12.0 Å². The summed E-state index contributed by atoms with van der Waals surface area (Å²) in [4.78, 5) is 2.79. The van der Waals surface area contributed by atoms with E-state index in [0.29, 0.717) is 5.54 Å². The molecule has 1 aliphatic rings. The molecule has 1 saturated heterocycles. The highest BCUT2D eigenvalue weighted by Gasteiger charge is 2.37. The smallest absolute Gasteiger partial charge is 0.0304 e. The number of hydrogen-bond acceptors (Lipinski definition) is 3. The van der Waals surface area contributed by atoms with Crippen molar-refractivity contribution in [1.82, 2.24) is 10.2 Å². The first-order valence-electron chi connectivity index (χ1n) is 8.10. The predicted molar refractivity (Wildman–Crippen MR) is 89.1 cm³/mol. The molecule has 1 fully saturated rings. The summed E-state index contributed by atoms with van der Waals surface area (Å²) in [5, 5.41) is 3.87. The van der Waals surface area contributed by atoms with Crippen LogP contribution in [0, 0.1) is 5.92 Å². The van der Waals surface area contributed by atoms with Crippen LogP contribution in [0.4, 0.5) is 0 Å². The summed E-state index contributed by atoms with van der Waals surface area (Å²) in [6, 6.07) is 0.734. The second-order valence-corrected chi connectivity index (χ2v) is 7.12. The van der Waals surface area contributed by atoms with Crippen LogP contribution in [0.25, 0.3) is 0 Å². The Balaban J connectivity index is 2.67. The van der Waals surface area contributed by atoms with E-state index in [9.17, 15) is 0 Å². The van der Waals surface area contributed by atoms with Crippen molar-refractivity contribution in [3.8, 4) is 0 Å². The third kappa shape index (κ3) is 4.64. The first-order chi connectivity index (χ1) is 9.12. The minimum atomic E-state index is 0.364. The molecule has 0 radical (unpaired) electrons. The Labute approximate surface area is 125 Å². The second-order valence-electron chi connectivity index (χ2n) is 6.14. The summed E-state index contributed by atoms with van der Waals surface area (Å²) >= 11 is 1.97. The Hall–Kier alpha value is 0.270. The van der Waals surface area contributed by atoms with Gasteiger partial charge >= 0.3 is 0 Å². The molecule has 2 unspecified atom stereocenters. The molecular formula is C16H34N2S. The van der Waals surface area contributed by atoms with Gasteiger partial charge in [0, 0.05) is 24.7 Å². The van der Waals surface area contributed by atoms with Gasteiger partial charge in [-0.25, -0.2) is 0 Å². The molecule has 114 valence electrons. The SMILES string of the molecule is CCC(C)C1CNC(CC)(CC)CN1CCCSC. The summed E-state index contributed by atoms with van der Waals surface area (Å²) in [6.07, 6.45) is 7.33. The van der Waals surface area contributed by atoms with Crippen LogP contribution in [0.5, 0.6) is 0 Å². The molecule has 19 heavy (non-hydrogen) atoms. The van der Waals surface area contributed by atoms with Gasteiger partial charge in [0.05, 0.1) is 0 Å². The van der Waals surface area contributed by atoms with Crippen molar-refractivity contribution in [2.45, 2.75) is 65.0 Å². The van der Waals surface area contributed by atoms with Gasteiger partial charge in [-0.05, 0) is 43.7 Å². The van der Waals surface area contributed by atoms with E-state index in [1.807, 2.05) is 11.8 Å². The van der Waals surface area contributed by atoms with Crippen LogP contribution in [0.15, 0.2) is 0 Å². The molecule has 1 N–H and O–H groups in total. The molecular weight excluding hydrogens is 252 g/mol. The maximum Gasteiger partial charge on any atom is 0.0304 e. The zero-order valence-corrected chi connectivity index (χ0v) is 14.5. The van der Waals surface area contributed by atoms with E-state index >= 15 is 0 Å². The van der Waals surface area contributed by atoms with E-state index in [1.54, 1.807) is 0 Å². The first-order valence-corrected chi connectivity index (χ1v) is 9.49. The highest BCUT2D eigenvalue weighted by Crippen LogP contribution is 2.27. The Morgan fingerprint density at radius 2 is 2.00 bits per heavy atom. The maximum atomic E-state index is 3.87. The molecule has 2 nitrogen and oxygen atoms in total. The highest BCUT2D eigenvalue weighted by molar-refractivity contribution is 7.98. The van der Waals surface area contributed by atoms with Crippen molar-refractivity contribution in [1.29, 1.82) is 0 Å². The Bertz CT molecular complexity index is 241. The van der Waals surface area contributed by atoms with Crippen LogP contribution in [0.2, 0.25) is 0 Å². The first kappa shape index (κ1) is 17.3. The minimum absolute atomic E-state index is 0.364. The molecule has 0 amide bonds. The predicted octanol–water partition coefficient (Wildman–Crippen LogP) is 3.62. The molecule has 0 spiro atoms. The fourth-order valence-electron chi connectivity index (χ4n) is 3.23. The zero-order chi connectivity index (χ0) is 14.3. The molecule has 0 aromatic heterocycles. The van der Waals surface area contributed by atoms with Crippen LogP contribution >= 0.6 is 11.8 Å². The molecule has 0 bridgehead atoms. The van der Waals surface area contributed by atoms with E-state index < -0.39 is 0 Å². The molecule has 1 rings (SSSR count). The number of rotatable bonds is 8. The maximum absolute atomic E-state index is 3.87. The van der Waals surface area contributed by atoms with Crippen molar-refractivity contribution in [3.63, 3.8) is 0 Å². The summed E-state index contributed by atoms with van der Waals surface area (Å²) in [5.74, 6) is 2.09. The lowest BCUT2D eigenvalue weighted by molar-refractivity contribution is 0.0460. The summed E-state index contributed by atoms with van der Waals surface area (Å²) in [6.45, 7) is 13.1. The summed E-state index contributed by atoms with van der Waals surface area (Å²) < 4.78 is 0.